The zero-order chi connectivity index (χ0) is 12.1. The van der Waals surface area contributed by atoms with Crippen LogP contribution in [0.2, 0.25) is 0 Å². The van der Waals surface area contributed by atoms with E-state index in [0.29, 0.717) is 12.1 Å². The number of carbonyl (C=O) groups excluding carboxylic acids is 1. The van der Waals surface area contributed by atoms with Gasteiger partial charge in [0.25, 0.3) is 0 Å². The molecule has 0 atom stereocenters. The van der Waals surface area contributed by atoms with E-state index in [1.165, 1.54) is 0 Å². The number of hydrogen-bond donors (Lipinski definition) is 2. The molecule has 0 unspecified atom stereocenters. The molecule has 1 aliphatic rings. The van der Waals surface area contributed by atoms with Gasteiger partial charge >= 0.3 is 6.03 Å². The van der Waals surface area contributed by atoms with Crippen LogP contribution in [0.15, 0.2) is 0 Å². The summed E-state index contributed by atoms with van der Waals surface area (Å²) in [4.78, 5) is 13.9. The number of nitrogens with two attached hydrogens (primary N) is 1. The summed E-state index contributed by atoms with van der Waals surface area (Å²) in [7, 11) is 0. The molecular weight excluding hydrogens is 202 g/mol. The Labute approximate surface area is 98.6 Å². The van der Waals surface area contributed by atoms with Crippen LogP contribution in [0.25, 0.3) is 0 Å². The Bertz CT molecular complexity index is 222. The largest absolute Gasteiger partial charge is 0.336 e. The summed E-state index contributed by atoms with van der Waals surface area (Å²) in [5, 5.41) is 2.96. The second-order valence-corrected chi connectivity index (χ2v) is 4.96. The molecule has 2 amide bonds. The maximum Gasteiger partial charge on any atom is 0.317 e. The lowest BCUT2D eigenvalue weighted by molar-refractivity contribution is 0.154. The Morgan fingerprint density at radius 2 is 1.94 bits per heavy atom. The lowest BCUT2D eigenvalue weighted by atomic mass is 9.91. The van der Waals surface area contributed by atoms with Crippen LogP contribution < -0.4 is 11.1 Å². The molecule has 0 heterocycles. The number of carbonyl (C=O) groups is 1. The first-order valence-corrected chi connectivity index (χ1v) is 6.37. The van der Waals surface area contributed by atoms with Crippen LogP contribution in [0.4, 0.5) is 4.79 Å². The Hall–Kier alpha value is -0.770. The third-order valence-electron chi connectivity index (χ3n) is 3.20. The van der Waals surface area contributed by atoms with Crippen molar-refractivity contribution in [2.45, 2.75) is 64.6 Å². The number of rotatable bonds is 3. The summed E-state index contributed by atoms with van der Waals surface area (Å²) in [6.45, 7) is 6.79. The second-order valence-electron chi connectivity index (χ2n) is 4.96. The van der Waals surface area contributed by atoms with E-state index in [4.69, 9.17) is 5.73 Å². The average Bonchev–Trinajstić information content (AvgIpc) is 2.21. The van der Waals surface area contributed by atoms with Crippen molar-refractivity contribution in [3.05, 3.63) is 0 Å². The van der Waals surface area contributed by atoms with Crippen molar-refractivity contribution in [1.82, 2.24) is 10.2 Å². The number of hydrogen-bond acceptors (Lipinski definition) is 2. The SMILES string of the molecule is CCN(C(=O)NC(C)C)C1CCC(N)CC1. The zero-order valence-electron chi connectivity index (χ0n) is 10.7. The summed E-state index contributed by atoms with van der Waals surface area (Å²) in [6, 6.07) is 0.983. The molecule has 0 saturated heterocycles. The Morgan fingerprint density at radius 1 is 1.38 bits per heavy atom. The van der Waals surface area contributed by atoms with E-state index in [2.05, 4.69) is 5.32 Å². The minimum atomic E-state index is 0.0676. The van der Waals surface area contributed by atoms with E-state index < -0.39 is 0 Å². The van der Waals surface area contributed by atoms with Crippen molar-refractivity contribution in [2.75, 3.05) is 6.54 Å². The lowest BCUT2D eigenvalue weighted by Gasteiger charge is -2.35. The fourth-order valence-corrected chi connectivity index (χ4v) is 2.31. The third-order valence-corrected chi connectivity index (χ3v) is 3.20. The molecule has 0 aromatic rings. The van der Waals surface area contributed by atoms with Gasteiger partial charge in [-0.3, -0.25) is 0 Å². The smallest absolute Gasteiger partial charge is 0.317 e. The van der Waals surface area contributed by atoms with Gasteiger partial charge in [0.15, 0.2) is 0 Å². The number of nitrogens with zero attached hydrogens (tertiary/aromatic N) is 1. The molecule has 4 nitrogen and oxygen atoms in total. The van der Waals surface area contributed by atoms with Crippen LogP contribution >= 0.6 is 0 Å². The molecule has 0 radical (unpaired) electrons. The van der Waals surface area contributed by atoms with Gasteiger partial charge < -0.3 is 16.0 Å². The van der Waals surface area contributed by atoms with Gasteiger partial charge in [-0.25, -0.2) is 4.79 Å². The normalized spacial score (nSPS) is 25.6. The predicted octanol–water partition coefficient (Wildman–Crippen LogP) is 1.70. The molecular formula is C12H25N3O. The first-order chi connectivity index (χ1) is 7.54. The van der Waals surface area contributed by atoms with Gasteiger partial charge in [-0.2, -0.15) is 0 Å². The minimum Gasteiger partial charge on any atom is -0.336 e. The Morgan fingerprint density at radius 3 is 2.38 bits per heavy atom. The molecule has 0 aromatic heterocycles. The molecule has 1 aliphatic carbocycles. The fourth-order valence-electron chi connectivity index (χ4n) is 2.31. The molecule has 1 rings (SSSR count). The van der Waals surface area contributed by atoms with E-state index in [1.807, 2.05) is 25.7 Å². The fraction of sp³-hybridized carbons (Fsp3) is 0.917. The van der Waals surface area contributed by atoms with Crippen LogP contribution in [-0.2, 0) is 0 Å². The number of nitrogens with one attached hydrogen (secondary N) is 1. The molecule has 1 fully saturated rings. The topological polar surface area (TPSA) is 58.4 Å². The second kappa shape index (κ2) is 6.09. The van der Waals surface area contributed by atoms with Gasteiger partial charge in [0.05, 0.1) is 0 Å². The summed E-state index contributed by atoms with van der Waals surface area (Å²) >= 11 is 0. The molecule has 0 bridgehead atoms. The predicted molar refractivity (Wildman–Crippen MR) is 66.3 cm³/mol. The first kappa shape index (κ1) is 13.3. The molecule has 0 aliphatic heterocycles. The molecule has 3 N–H and O–H groups in total. The monoisotopic (exact) mass is 227 g/mol. The van der Waals surface area contributed by atoms with Crippen molar-refractivity contribution < 1.29 is 4.79 Å². The maximum absolute atomic E-state index is 11.9. The molecule has 94 valence electrons. The van der Waals surface area contributed by atoms with Crippen molar-refractivity contribution in [3.63, 3.8) is 0 Å². The summed E-state index contributed by atoms with van der Waals surface area (Å²) in [6.07, 6.45) is 4.16. The Kier molecular flexibility index (Phi) is 5.06. The molecule has 4 heteroatoms. The summed E-state index contributed by atoms with van der Waals surface area (Å²) in [5.74, 6) is 0. The van der Waals surface area contributed by atoms with Crippen molar-refractivity contribution in [2.24, 2.45) is 5.73 Å². The van der Waals surface area contributed by atoms with Crippen LogP contribution in [0.3, 0.4) is 0 Å². The van der Waals surface area contributed by atoms with Gasteiger partial charge in [0.2, 0.25) is 0 Å². The molecule has 0 spiro atoms. The van der Waals surface area contributed by atoms with Gasteiger partial charge in [0.1, 0.15) is 0 Å². The highest BCUT2D eigenvalue weighted by atomic mass is 16.2. The number of urea groups is 1. The highest BCUT2D eigenvalue weighted by Gasteiger charge is 2.26. The number of amides is 2. The van der Waals surface area contributed by atoms with Crippen LogP contribution in [0.5, 0.6) is 0 Å². The van der Waals surface area contributed by atoms with E-state index in [0.717, 1.165) is 32.2 Å². The quantitative estimate of drug-likeness (QED) is 0.771. The zero-order valence-corrected chi connectivity index (χ0v) is 10.7. The van der Waals surface area contributed by atoms with Crippen molar-refractivity contribution in [3.8, 4) is 0 Å². The third kappa shape index (κ3) is 3.67. The van der Waals surface area contributed by atoms with Crippen molar-refractivity contribution >= 4 is 6.03 Å². The van der Waals surface area contributed by atoms with Gasteiger partial charge in [-0.15, -0.1) is 0 Å². The van der Waals surface area contributed by atoms with Gasteiger partial charge in [-0.05, 0) is 46.5 Å². The van der Waals surface area contributed by atoms with E-state index in [1.54, 1.807) is 0 Å². The van der Waals surface area contributed by atoms with Crippen LogP contribution in [0.1, 0.15) is 46.5 Å². The summed E-state index contributed by atoms with van der Waals surface area (Å²) < 4.78 is 0. The first-order valence-electron chi connectivity index (χ1n) is 6.37. The van der Waals surface area contributed by atoms with E-state index >= 15 is 0 Å². The molecule has 0 aromatic carbocycles. The van der Waals surface area contributed by atoms with E-state index in [-0.39, 0.29) is 12.1 Å². The van der Waals surface area contributed by atoms with Gasteiger partial charge in [0, 0.05) is 24.7 Å². The van der Waals surface area contributed by atoms with Crippen LogP contribution in [0, 0.1) is 0 Å². The van der Waals surface area contributed by atoms with Crippen molar-refractivity contribution in [1.29, 1.82) is 0 Å². The van der Waals surface area contributed by atoms with Crippen LogP contribution in [-0.4, -0.2) is 35.6 Å². The maximum atomic E-state index is 11.9. The highest BCUT2D eigenvalue weighted by molar-refractivity contribution is 5.74. The minimum absolute atomic E-state index is 0.0676. The Balaban J connectivity index is 2.50. The van der Waals surface area contributed by atoms with Gasteiger partial charge in [-0.1, -0.05) is 0 Å². The standard InChI is InChI=1S/C12H25N3O/c1-4-15(12(16)14-9(2)3)11-7-5-10(13)6-8-11/h9-11H,4-8,13H2,1-3H3,(H,14,16). The molecule has 16 heavy (non-hydrogen) atoms. The highest BCUT2D eigenvalue weighted by Crippen LogP contribution is 2.22. The lowest BCUT2D eigenvalue weighted by Crippen LogP contribution is -2.49. The molecule has 1 saturated carbocycles. The average molecular weight is 227 g/mol. The van der Waals surface area contributed by atoms with E-state index in [9.17, 15) is 4.79 Å². The summed E-state index contributed by atoms with van der Waals surface area (Å²) in [5.41, 5.74) is 5.88.